The molecule has 0 aromatic carbocycles. The Kier molecular flexibility index (Phi) is 8.94. The van der Waals surface area contributed by atoms with Crippen LogP contribution in [0.3, 0.4) is 0 Å². The Balaban J connectivity index is 0.00000225. The Hall–Kier alpha value is -0.900. The van der Waals surface area contributed by atoms with Crippen LogP contribution in [0.1, 0.15) is 50.8 Å². The number of fused-ring (bicyclic) bond motifs is 1. The van der Waals surface area contributed by atoms with Crippen LogP contribution in [-0.4, -0.2) is 53.1 Å². The first-order valence-electron chi connectivity index (χ1n) is 9.30. The van der Waals surface area contributed by atoms with Crippen LogP contribution in [0.2, 0.25) is 0 Å². The predicted molar refractivity (Wildman–Crippen MR) is 109 cm³/mol. The van der Waals surface area contributed by atoms with Crippen LogP contribution in [0.25, 0.3) is 0 Å². The van der Waals surface area contributed by atoms with Crippen molar-refractivity contribution in [1.82, 2.24) is 25.4 Å². The zero-order valence-corrected chi connectivity index (χ0v) is 17.4. The number of ether oxygens (including phenoxy) is 1. The van der Waals surface area contributed by atoms with E-state index in [-0.39, 0.29) is 24.0 Å². The van der Waals surface area contributed by atoms with Crippen molar-refractivity contribution in [1.29, 1.82) is 0 Å². The summed E-state index contributed by atoms with van der Waals surface area (Å²) in [7, 11) is 1.81. The highest BCUT2D eigenvalue weighted by molar-refractivity contribution is 14.0. The second-order valence-corrected chi connectivity index (χ2v) is 6.72. The van der Waals surface area contributed by atoms with E-state index in [0.717, 1.165) is 44.3 Å². The van der Waals surface area contributed by atoms with E-state index in [4.69, 9.17) is 4.74 Å². The molecule has 0 saturated heterocycles. The maximum atomic E-state index is 6.02. The molecule has 8 heteroatoms. The second kappa shape index (κ2) is 10.9. The van der Waals surface area contributed by atoms with Crippen LogP contribution >= 0.6 is 24.0 Å². The summed E-state index contributed by atoms with van der Waals surface area (Å²) >= 11 is 0. The molecule has 1 aliphatic carbocycles. The third kappa shape index (κ3) is 6.40. The van der Waals surface area contributed by atoms with Crippen LogP contribution < -0.4 is 10.6 Å². The molecule has 1 aliphatic heterocycles. The summed E-state index contributed by atoms with van der Waals surface area (Å²) in [5.74, 6) is 1.92. The highest BCUT2D eigenvalue weighted by atomic mass is 127. The molecular formula is C17H31IN6O. The van der Waals surface area contributed by atoms with Gasteiger partial charge in [0.2, 0.25) is 0 Å². The molecule has 1 aromatic rings. The molecule has 0 bridgehead atoms. The van der Waals surface area contributed by atoms with Crippen molar-refractivity contribution in [2.45, 2.75) is 70.1 Å². The first-order chi connectivity index (χ1) is 11.8. The van der Waals surface area contributed by atoms with Crippen LogP contribution in [0.5, 0.6) is 0 Å². The van der Waals surface area contributed by atoms with Crippen molar-refractivity contribution in [2.75, 3.05) is 20.2 Å². The SMILES string of the molecule is CN=C(NCCOC1CCCCCC1)NC1CCc2ncnn2C1.I. The molecule has 25 heavy (non-hydrogen) atoms. The van der Waals surface area contributed by atoms with Gasteiger partial charge in [-0.1, -0.05) is 25.7 Å². The quantitative estimate of drug-likeness (QED) is 0.231. The van der Waals surface area contributed by atoms with Crippen molar-refractivity contribution in [3.63, 3.8) is 0 Å². The summed E-state index contributed by atoms with van der Waals surface area (Å²) in [6.07, 6.45) is 11.9. The van der Waals surface area contributed by atoms with E-state index >= 15 is 0 Å². The fourth-order valence-electron chi connectivity index (χ4n) is 3.55. The number of halogens is 1. The number of hydrogen-bond acceptors (Lipinski definition) is 4. The molecule has 1 atom stereocenters. The molecule has 2 N–H and O–H groups in total. The first kappa shape index (κ1) is 20.4. The zero-order valence-electron chi connectivity index (χ0n) is 15.1. The van der Waals surface area contributed by atoms with E-state index in [1.165, 1.54) is 38.5 Å². The third-order valence-electron chi connectivity index (χ3n) is 4.92. The smallest absolute Gasteiger partial charge is 0.191 e. The number of aromatic nitrogens is 3. The van der Waals surface area contributed by atoms with Crippen molar-refractivity contribution >= 4 is 29.9 Å². The highest BCUT2D eigenvalue weighted by Crippen LogP contribution is 2.19. The third-order valence-corrected chi connectivity index (χ3v) is 4.92. The number of rotatable bonds is 5. The summed E-state index contributed by atoms with van der Waals surface area (Å²) in [6, 6.07) is 0.341. The summed E-state index contributed by atoms with van der Waals surface area (Å²) in [4.78, 5) is 8.58. The Bertz CT molecular complexity index is 527. The molecule has 2 aliphatic rings. The number of aryl methyl sites for hydroxylation is 1. The summed E-state index contributed by atoms with van der Waals surface area (Å²) < 4.78 is 7.99. The minimum atomic E-state index is 0. The fraction of sp³-hybridized carbons (Fsp3) is 0.824. The lowest BCUT2D eigenvalue weighted by Crippen LogP contribution is -2.47. The van der Waals surface area contributed by atoms with E-state index in [2.05, 4.69) is 25.7 Å². The maximum Gasteiger partial charge on any atom is 0.191 e. The molecule has 1 fully saturated rings. The van der Waals surface area contributed by atoms with Crippen LogP contribution in [-0.2, 0) is 17.7 Å². The van der Waals surface area contributed by atoms with Crippen LogP contribution in [0, 0.1) is 0 Å². The topological polar surface area (TPSA) is 76.4 Å². The van der Waals surface area contributed by atoms with Gasteiger partial charge in [-0.05, 0) is 19.3 Å². The minimum Gasteiger partial charge on any atom is -0.376 e. The maximum absolute atomic E-state index is 6.02. The van der Waals surface area contributed by atoms with E-state index in [1.807, 2.05) is 11.7 Å². The summed E-state index contributed by atoms with van der Waals surface area (Å²) in [6.45, 7) is 2.37. The average Bonchev–Trinajstić information content (AvgIpc) is 2.91. The fourth-order valence-corrected chi connectivity index (χ4v) is 3.55. The molecule has 0 amide bonds. The van der Waals surface area contributed by atoms with Gasteiger partial charge in [0.1, 0.15) is 12.2 Å². The van der Waals surface area contributed by atoms with Gasteiger partial charge in [0.25, 0.3) is 0 Å². The molecule has 1 aromatic heterocycles. The van der Waals surface area contributed by atoms with Gasteiger partial charge in [0.15, 0.2) is 5.96 Å². The van der Waals surface area contributed by atoms with Gasteiger partial charge in [-0.2, -0.15) is 5.10 Å². The molecule has 142 valence electrons. The van der Waals surface area contributed by atoms with E-state index in [1.54, 1.807) is 6.33 Å². The molecule has 1 unspecified atom stereocenters. The average molecular weight is 462 g/mol. The van der Waals surface area contributed by atoms with Gasteiger partial charge in [-0.15, -0.1) is 24.0 Å². The molecule has 3 rings (SSSR count). The van der Waals surface area contributed by atoms with E-state index in [9.17, 15) is 0 Å². The predicted octanol–water partition coefficient (Wildman–Crippen LogP) is 2.12. The Morgan fingerprint density at radius 2 is 2.08 bits per heavy atom. The number of guanidine groups is 1. The van der Waals surface area contributed by atoms with E-state index < -0.39 is 0 Å². The monoisotopic (exact) mass is 462 g/mol. The normalized spacial score (nSPS) is 21.8. The van der Waals surface area contributed by atoms with Gasteiger partial charge >= 0.3 is 0 Å². The number of hydrogen-bond donors (Lipinski definition) is 2. The van der Waals surface area contributed by atoms with Gasteiger partial charge in [0, 0.05) is 26.1 Å². The summed E-state index contributed by atoms with van der Waals surface area (Å²) in [5, 5.41) is 11.1. The van der Waals surface area contributed by atoms with Crippen molar-refractivity contribution in [2.24, 2.45) is 4.99 Å². The summed E-state index contributed by atoms with van der Waals surface area (Å²) in [5.41, 5.74) is 0. The molecule has 1 saturated carbocycles. The van der Waals surface area contributed by atoms with Crippen LogP contribution in [0.15, 0.2) is 11.3 Å². The van der Waals surface area contributed by atoms with Gasteiger partial charge in [-0.3, -0.25) is 4.99 Å². The Labute approximate surface area is 167 Å². The largest absolute Gasteiger partial charge is 0.376 e. The van der Waals surface area contributed by atoms with Crippen molar-refractivity contribution in [3.05, 3.63) is 12.2 Å². The molecule has 2 heterocycles. The second-order valence-electron chi connectivity index (χ2n) is 6.72. The Morgan fingerprint density at radius 3 is 2.84 bits per heavy atom. The lowest BCUT2D eigenvalue weighted by molar-refractivity contribution is 0.0467. The van der Waals surface area contributed by atoms with E-state index in [0.29, 0.717) is 12.1 Å². The molecule has 0 radical (unpaired) electrons. The Morgan fingerprint density at radius 1 is 1.28 bits per heavy atom. The van der Waals surface area contributed by atoms with Crippen LogP contribution in [0.4, 0.5) is 0 Å². The lowest BCUT2D eigenvalue weighted by atomic mass is 10.1. The van der Waals surface area contributed by atoms with Gasteiger partial charge in [0.05, 0.1) is 19.3 Å². The number of nitrogens with one attached hydrogen (secondary N) is 2. The first-order valence-corrected chi connectivity index (χ1v) is 9.30. The van der Waals surface area contributed by atoms with Gasteiger partial charge in [-0.25, -0.2) is 9.67 Å². The van der Waals surface area contributed by atoms with Crippen molar-refractivity contribution in [3.8, 4) is 0 Å². The highest BCUT2D eigenvalue weighted by Gasteiger charge is 2.20. The molecular weight excluding hydrogens is 431 g/mol. The minimum absolute atomic E-state index is 0. The molecule has 7 nitrogen and oxygen atoms in total. The lowest BCUT2D eigenvalue weighted by Gasteiger charge is -2.25. The van der Waals surface area contributed by atoms with Crippen molar-refractivity contribution < 1.29 is 4.74 Å². The number of nitrogens with zero attached hydrogens (tertiary/aromatic N) is 4. The zero-order chi connectivity index (χ0) is 16.6. The number of aliphatic imine (C=N–C) groups is 1. The van der Waals surface area contributed by atoms with Gasteiger partial charge < -0.3 is 15.4 Å². The standard InChI is InChI=1S/C17H30N6O.HI/c1-18-17(19-10-11-24-15-6-4-2-3-5-7-15)22-14-8-9-16-20-13-21-23(16)12-14;/h13-15H,2-12H2,1H3,(H2,18,19,22);1H. The molecule has 0 spiro atoms.